The molecule has 2 aromatic carbocycles. The molecule has 0 spiro atoms. The van der Waals surface area contributed by atoms with Crippen molar-refractivity contribution in [1.82, 2.24) is 0 Å². The van der Waals surface area contributed by atoms with E-state index in [1.54, 1.807) is 31.4 Å². The SMILES string of the molecule is COCc1ccc(NS(=O)(=O)c2ccccc2[N+](=O)[O-])cc1. The lowest BCUT2D eigenvalue weighted by molar-refractivity contribution is -0.387. The predicted molar refractivity (Wildman–Crippen MR) is 81.1 cm³/mol. The molecule has 116 valence electrons. The van der Waals surface area contributed by atoms with E-state index < -0.39 is 20.6 Å². The Morgan fingerprint density at radius 1 is 1.14 bits per heavy atom. The molecule has 22 heavy (non-hydrogen) atoms. The molecule has 0 bridgehead atoms. The molecule has 0 aliphatic carbocycles. The number of nitro groups is 1. The number of methoxy groups -OCH3 is 1. The summed E-state index contributed by atoms with van der Waals surface area (Å²) in [6.07, 6.45) is 0. The highest BCUT2D eigenvalue weighted by Gasteiger charge is 2.25. The molecule has 0 atom stereocenters. The number of nitro benzene ring substituents is 1. The number of nitrogens with one attached hydrogen (secondary N) is 1. The summed E-state index contributed by atoms with van der Waals surface area (Å²) in [4.78, 5) is 9.84. The van der Waals surface area contributed by atoms with E-state index in [-0.39, 0.29) is 4.90 Å². The van der Waals surface area contributed by atoms with E-state index in [1.165, 1.54) is 18.2 Å². The Kier molecular flexibility index (Phi) is 4.74. The molecule has 0 fully saturated rings. The maximum atomic E-state index is 12.3. The molecule has 0 aliphatic heterocycles. The smallest absolute Gasteiger partial charge is 0.289 e. The molecule has 1 N–H and O–H groups in total. The van der Waals surface area contributed by atoms with Crippen LogP contribution < -0.4 is 4.72 Å². The van der Waals surface area contributed by atoms with E-state index in [2.05, 4.69) is 4.72 Å². The highest BCUT2D eigenvalue weighted by molar-refractivity contribution is 7.92. The minimum absolute atomic E-state index is 0.318. The van der Waals surface area contributed by atoms with Crippen LogP contribution in [0.5, 0.6) is 0 Å². The van der Waals surface area contributed by atoms with Crippen molar-refractivity contribution >= 4 is 21.4 Å². The van der Waals surface area contributed by atoms with Gasteiger partial charge in [0.1, 0.15) is 0 Å². The third kappa shape index (κ3) is 3.60. The first-order valence-electron chi connectivity index (χ1n) is 6.28. The molecular formula is C14H14N2O5S. The average molecular weight is 322 g/mol. The first-order chi connectivity index (χ1) is 10.4. The van der Waals surface area contributed by atoms with Gasteiger partial charge < -0.3 is 4.74 Å². The molecule has 0 radical (unpaired) electrons. The van der Waals surface area contributed by atoms with Crippen LogP contribution in [0.2, 0.25) is 0 Å². The number of rotatable bonds is 6. The summed E-state index contributed by atoms with van der Waals surface area (Å²) in [5, 5.41) is 10.9. The zero-order chi connectivity index (χ0) is 16.2. The zero-order valence-corrected chi connectivity index (χ0v) is 12.5. The molecule has 2 aromatic rings. The van der Waals surface area contributed by atoms with Gasteiger partial charge in [0, 0.05) is 18.9 Å². The lowest BCUT2D eigenvalue weighted by atomic mass is 10.2. The number of hydrogen-bond donors (Lipinski definition) is 1. The Hall–Kier alpha value is -2.45. The monoisotopic (exact) mass is 322 g/mol. The Balaban J connectivity index is 2.30. The van der Waals surface area contributed by atoms with Crippen LogP contribution in [0.1, 0.15) is 5.56 Å². The maximum absolute atomic E-state index is 12.3. The van der Waals surface area contributed by atoms with Crippen molar-refractivity contribution in [2.24, 2.45) is 0 Å². The highest BCUT2D eigenvalue weighted by Crippen LogP contribution is 2.25. The van der Waals surface area contributed by atoms with E-state index >= 15 is 0 Å². The molecule has 0 heterocycles. The Morgan fingerprint density at radius 3 is 2.36 bits per heavy atom. The molecule has 0 unspecified atom stereocenters. The number of benzene rings is 2. The number of ether oxygens (including phenoxy) is 1. The molecule has 0 aromatic heterocycles. The maximum Gasteiger partial charge on any atom is 0.289 e. The summed E-state index contributed by atoms with van der Waals surface area (Å²) in [5.41, 5.74) is 0.736. The van der Waals surface area contributed by atoms with Gasteiger partial charge in [0.25, 0.3) is 15.7 Å². The van der Waals surface area contributed by atoms with Gasteiger partial charge in [-0.25, -0.2) is 8.42 Å². The Morgan fingerprint density at radius 2 is 1.77 bits per heavy atom. The quantitative estimate of drug-likeness (QED) is 0.651. The van der Waals surface area contributed by atoms with E-state index in [0.717, 1.165) is 11.6 Å². The largest absolute Gasteiger partial charge is 0.380 e. The fourth-order valence-electron chi connectivity index (χ4n) is 1.88. The second kappa shape index (κ2) is 6.54. The second-order valence-corrected chi connectivity index (χ2v) is 6.11. The van der Waals surface area contributed by atoms with Crippen molar-refractivity contribution < 1.29 is 18.1 Å². The first-order valence-corrected chi connectivity index (χ1v) is 7.76. The van der Waals surface area contributed by atoms with Gasteiger partial charge in [-0.3, -0.25) is 14.8 Å². The molecule has 2 rings (SSSR count). The number of hydrogen-bond acceptors (Lipinski definition) is 5. The van der Waals surface area contributed by atoms with Gasteiger partial charge in [-0.2, -0.15) is 0 Å². The predicted octanol–water partition coefficient (Wildman–Crippen LogP) is 2.54. The Bertz CT molecular complexity index is 772. The van der Waals surface area contributed by atoms with Crippen LogP contribution in [0.25, 0.3) is 0 Å². The summed E-state index contributed by atoms with van der Waals surface area (Å²) in [5.74, 6) is 0. The summed E-state index contributed by atoms with van der Waals surface area (Å²) in [6, 6.07) is 11.7. The van der Waals surface area contributed by atoms with Crippen molar-refractivity contribution in [2.45, 2.75) is 11.5 Å². The van der Waals surface area contributed by atoms with Gasteiger partial charge in [0.2, 0.25) is 0 Å². The fourth-order valence-corrected chi connectivity index (χ4v) is 3.11. The highest BCUT2D eigenvalue weighted by atomic mass is 32.2. The third-order valence-electron chi connectivity index (χ3n) is 2.87. The van der Waals surface area contributed by atoms with Gasteiger partial charge in [-0.1, -0.05) is 24.3 Å². The number of anilines is 1. The summed E-state index contributed by atoms with van der Waals surface area (Å²) in [6.45, 7) is 0.414. The topological polar surface area (TPSA) is 98.5 Å². The lowest BCUT2D eigenvalue weighted by Gasteiger charge is -2.09. The van der Waals surface area contributed by atoms with E-state index in [9.17, 15) is 18.5 Å². The summed E-state index contributed by atoms with van der Waals surface area (Å²) in [7, 11) is -2.48. The van der Waals surface area contributed by atoms with Crippen molar-refractivity contribution in [3.63, 3.8) is 0 Å². The van der Waals surface area contributed by atoms with Gasteiger partial charge in [-0.05, 0) is 23.8 Å². The number of sulfonamides is 1. The van der Waals surface area contributed by atoms with Crippen molar-refractivity contribution in [3.05, 3.63) is 64.2 Å². The molecule has 0 saturated heterocycles. The zero-order valence-electron chi connectivity index (χ0n) is 11.7. The van der Waals surface area contributed by atoms with Gasteiger partial charge in [0.05, 0.1) is 11.5 Å². The van der Waals surface area contributed by atoms with Crippen LogP contribution in [0.4, 0.5) is 11.4 Å². The molecule has 0 saturated carbocycles. The van der Waals surface area contributed by atoms with Crippen molar-refractivity contribution in [2.75, 3.05) is 11.8 Å². The van der Waals surface area contributed by atoms with Gasteiger partial charge in [0.15, 0.2) is 4.90 Å². The normalized spacial score (nSPS) is 11.1. The minimum atomic E-state index is -4.04. The molecule has 0 aliphatic rings. The van der Waals surface area contributed by atoms with Crippen LogP contribution in [0.3, 0.4) is 0 Å². The third-order valence-corrected chi connectivity index (χ3v) is 4.30. The number of nitrogens with zero attached hydrogens (tertiary/aromatic N) is 1. The second-order valence-electron chi connectivity index (χ2n) is 4.46. The molecular weight excluding hydrogens is 308 g/mol. The lowest BCUT2D eigenvalue weighted by Crippen LogP contribution is -2.14. The van der Waals surface area contributed by atoms with Crippen LogP contribution in [-0.2, 0) is 21.4 Å². The summed E-state index contributed by atoms with van der Waals surface area (Å²) >= 11 is 0. The van der Waals surface area contributed by atoms with E-state index in [1.807, 2.05) is 0 Å². The fraction of sp³-hybridized carbons (Fsp3) is 0.143. The van der Waals surface area contributed by atoms with Crippen LogP contribution in [0, 0.1) is 10.1 Å². The van der Waals surface area contributed by atoms with Gasteiger partial charge in [-0.15, -0.1) is 0 Å². The van der Waals surface area contributed by atoms with Crippen LogP contribution in [-0.4, -0.2) is 20.5 Å². The van der Waals surface area contributed by atoms with Crippen molar-refractivity contribution in [3.8, 4) is 0 Å². The van der Waals surface area contributed by atoms with Crippen LogP contribution in [0.15, 0.2) is 53.4 Å². The standard InChI is InChI=1S/C14H14N2O5S/c1-21-10-11-6-8-12(9-7-11)15-22(19,20)14-5-3-2-4-13(14)16(17)18/h2-9,15H,10H2,1H3. The van der Waals surface area contributed by atoms with Crippen LogP contribution >= 0.6 is 0 Å². The molecule has 8 heteroatoms. The molecule has 7 nitrogen and oxygen atoms in total. The number of para-hydroxylation sites is 1. The average Bonchev–Trinajstić information content (AvgIpc) is 2.49. The van der Waals surface area contributed by atoms with E-state index in [0.29, 0.717) is 12.3 Å². The minimum Gasteiger partial charge on any atom is -0.380 e. The van der Waals surface area contributed by atoms with E-state index in [4.69, 9.17) is 4.74 Å². The molecule has 0 amide bonds. The summed E-state index contributed by atoms with van der Waals surface area (Å²) < 4.78 is 31.9. The van der Waals surface area contributed by atoms with Crippen molar-refractivity contribution in [1.29, 1.82) is 0 Å². The van der Waals surface area contributed by atoms with Gasteiger partial charge >= 0.3 is 0 Å². The first kappa shape index (κ1) is 15.9. The Labute approximate surface area is 127 Å².